The molecular formula is C29H25ClN4O6S. The minimum absolute atomic E-state index is 0.0467. The van der Waals surface area contributed by atoms with Gasteiger partial charge in [0.15, 0.2) is 10.5 Å². The lowest BCUT2D eigenvalue weighted by molar-refractivity contribution is 0.0465. The van der Waals surface area contributed by atoms with Gasteiger partial charge in [-0.25, -0.2) is 14.6 Å². The van der Waals surface area contributed by atoms with Gasteiger partial charge in [0.05, 0.1) is 36.9 Å². The second-order valence-electron chi connectivity index (χ2n) is 8.84. The summed E-state index contributed by atoms with van der Waals surface area (Å²) in [6.45, 7) is 3.51. The molecular weight excluding hydrogens is 568 g/mol. The number of halogens is 1. The Labute approximate surface area is 244 Å². The number of aliphatic hydroxyl groups excluding tert-OH is 1. The summed E-state index contributed by atoms with van der Waals surface area (Å²) >= 11 is 7.52. The van der Waals surface area contributed by atoms with E-state index in [0.717, 1.165) is 11.3 Å². The summed E-state index contributed by atoms with van der Waals surface area (Å²) in [7, 11) is 0. The SMILES string of the molecule is CCOC(=O)c1sc(-c2cnc3cnc(COC(=O)c4ccccc4)cn23)nc1O[C@H](C)c1ccc(CO)cc1Cl. The molecule has 0 saturated heterocycles. The number of fused-ring (bicyclic) bond motifs is 1. The van der Waals surface area contributed by atoms with Crippen LogP contribution in [-0.2, 0) is 22.7 Å². The van der Waals surface area contributed by atoms with Crippen molar-refractivity contribution >= 4 is 40.5 Å². The molecule has 0 unspecified atom stereocenters. The molecule has 0 aliphatic carbocycles. The van der Waals surface area contributed by atoms with E-state index >= 15 is 0 Å². The zero-order chi connectivity index (χ0) is 28.9. The van der Waals surface area contributed by atoms with Crippen LogP contribution in [0, 0.1) is 0 Å². The van der Waals surface area contributed by atoms with Crippen LogP contribution in [0.1, 0.15) is 56.8 Å². The van der Waals surface area contributed by atoms with Gasteiger partial charge in [-0.1, -0.05) is 41.9 Å². The average Bonchev–Trinajstić information content (AvgIpc) is 3.60. The van der Waals surface area contributed by atoms with Crippen molar-refractivity contribution in [2.24, 2.45) is 0 Å². The number of rotatable bonds is 10. The molecule has 0 amide bonds. The molecule has 0 fully saturated rings. The summed E-state index contributed by atoms with van der Waals surface area (Å²) < 4.78 is 18.6. The summed E-state index contributed by atoms with van der Waals surface area (Å²) in [5.74, 6) is -0.928. The molecule has 0 saturated carbocycles. The number of aromatic nitrogens is 4. The number of hydrogen-bond donors (Lipinski definition) is 1. The van der Waals surface area contributed by atoms with Crippen LogP contribution in [0.15, 0.2) is 67.1 Å². The molecule has 5 aromatic rings. The number of imidazole rings is 1. The van der Waals surface area contributed by atoms with E-state index in [1.54, 1.807) is 79.3 Å². The first-order valence-corrected chi connectivity index (χ1v) is 13.9. The number of ether oxygens (including phenoxy) is 3. The quantitative estimate of drug-likeness (QED) is 0.204. The van der Waals surface area contributed by atoms with Crippen LogP contribution in [0.25, 0.3) is 16.3 Å². The Balaban J connectivity index is 1.43. The molecule has 2 aromatic carbocycles. The number of carbonyl (C=O) groups is 2. The molecule has 10 nitrogen and oxygen atoms in total. The fraction of sp³-hybridized carbons (Fsp3) is 0.207. The molecule has 0 aliphatic rings. The van der Waals surface area contributed by atoms with Crippen molar-refractivity contribution in [3.8, 4) is 16.6 Å². The van der Waals surface area contributed by atoms with Crippen molar-refractivity contribution in [3.63, 3.8) is 0 Å². The van der Waals surface area contributed by atoms with Crippen molar-refractivity contribution in [1.29, 1.82) is 0 Å². The highest BCUT2D eigenvalue weighted by Crippen LogP contribution is 2.36. The van der Waals surface area contributed by atoms with Gasteiger partial charge in [-0.05, 0) is 37.6 Å². The summed E-state index contributed by atoms with van der Waals surface area (Å²) in [6.07, 6.45) is 4.32. The fourth-order valence-electron chi connectivity index (χ4n) is 4.01. The largest absolute Gasteiger partial charge is 0.468 e. The molecule has 0 bridgehead atoms. The molecule has 210 valence electrons. The molecule has 5 rings (SSSR count). The average molecular weight is 593 g/mol. The highest BCUT2D eigenvalue weighted by atomic mass is 35.5. The number of benzene rings is 2. The Morgan fingerprint density at radius 1 is 1.07 bits per heavy atom. The maximum Gasteiger partial charge on any atom is 0.354 e. The molecule has 41 heavy (non-hydrogen) atoms. The molecule has 1 atom stereocenters. The zero-order valence-electron chi connectivity index (χ0n) is 22.1. The van der Waals surface area contributed by atoms with Gasteiger partial charge in [0.25, 0.3) is 0 Å². The Hall–Kier alpha value is -4.32. The zero-order valence-corrected chi connectivity index (χ0v) is 23.7. The fourth-order valence-corrected chi connectivity index (χ4v) is 5.27. The van der Waals surface area contributed by atoms with Crippen LogP contribution < -0.4 is 4.74 Å². The first kappa shape index (κ1) is 28.2. The molecule has 0 spiro atoms. The van der Waals surface area contributed by atoms with Gasteiger partial charge in [-0.2, -0.15) is 4.98 Å². The van der Waals surface area contributed by atoms with E-state index in [1.807, 2.05) is 6.07 Å². The summed E-state index contributed by atoms with van der Waals surface area (Å²) in [5.41, 5.74) is 3.40. The van der Waals surface area contributed by atoms with Crippen molar-refractivity contribution < 1.29 is 28.9 Å². The van der Waals surface area contributed by atoms with E-state index in [9.17, 15) is 14.7 Å². The first-order valence-electron chi connectivity index (χ1n) is 12.7. The maximum absolute atomic E-state index is 12.8. The Kier molecular flexibility index (Phi) is 8.58. The van der Waals surface area contributed by atoms with Crippen LogP contribution >= 0.6 is 22.9 Å². The van der Waals surface area contributed by atoms with Crippen LogP contribution in [0.3, 0.4) is 0 Å². The van der Waals surface area contributed by atoms with E-state index in [2.05, 4.69) is 15.0 Å². The van der Waals surface area contributed by atoms with E-state index in [-0.39, 0.29) is 30.6 Å². The Morgan fingerprint density at radius 3 is 2.61 bits per heavy atom. The van der Waals surface area contributed by atoms with Crippen molar-refractivity contribution in [2.75, 3.05) is 6.61 Å². The van der Waals surface area contributed by atoms with E-state index in [1.165, 1.54) is 0 Å². The lowest BCUT2D eigenvalue weighted by atomic mass is 10.1. The lowest BCUT2D eigenvalue weighted by Crippen LogP contribution is -2.09. The van der Waals surface area contributed by atoms with Gasteiger partial charge in [0, 0.05) is 16.8 Å². The molecule has 3 heterocycles. The van der Waals surface area contributed by atoms with Crippen molar-refractivity contribution in [2.45, 2.75) is 33.2 Å². The number of aliphatic hydroxyl groups is 1. The Bertz CT molecular complexity index is 1700. The van der Waals surface area contributed by atoms with E-state index < -0.39 is 18.0 Å². The predicted molar refractivity (Wildman–Crippen MR) is 152 cm³/mol. The minimum atomic E-state index is -0.566. The number of esters is 2. The molecule has 0 aliphatic heterocycles. The van der Waals surface area contributed by atoms with Crippen LogP contribution in [0.5, 0.6) is 5.88 Å². The van der Waals surface area contributed by atoms with E-state index in [4.69, 9.17) is 25.8 Å². The van der Waals surface area contributed by atoms with Crippen molar-refractivity contribution in [1.82, 2.24) is 19.4 Å². The molecule has 12 heteroatoms. The lowest BCUT2D eigenvalue weighted by Gasteiger charge is -2.16. The number of carbonyl (C=O) groups excluding carboxylic acids is 2. The Morgan fingerprint density at radius 2 is 1.88 bits per heavy atom. The maximum atomic E-state index is 12.8. The molecule has 0 radical (unpaired) electrons. The van der Waals surface area contributed by atoms with E-state index in [0.29, 0.717) is 43.8 Å². The monoisotopic (exact) mass is 592 g/mol. The predicted octanol–water partition coefficient (Wildman–Crippen LogP) is 5.67. The number of thiazole rings is 1. The van der Waals surface area contributed by atoms with Crippen LogP contribution in [-0.4, -0.2) is 43.0 Å². The highest BCUT2D eigenvalue weighted by molar-refractivity contribution is 7.17. The highest BCUT2D eigenvalue weighted by Gasteiger charge is 2.25. The number of hydrogen-bond acceptors (Lipinski definition) is 10. The smallest absolute Gasteiger partial charge is 0.354 e. The van der Waals surface area contributed by atoms with Crippen molar-refractivity contribution in [3.05, 3.63) is 99.4 Å². The van der Waals surface area contributed by atoms with Gasteiger partial charge in [-0.3, -0.25) is 9.38 Å². The molecule has 1 N–H and O–H groups in total. The van der Waals surface area contributed by atoms with Gasteiger partial charge in [-0.15, -0.1) is 11.3 Å². The summed E-state index contributed by atoms with van der Waals surface area (Å²) in [5, 5.41) is 10.3. The molecule has 3 aromatic heterocycles. The minimum Gasteiger partial charge on any atom is -0.468 e. The summed E-state index contributed by atoms with van der Waals surface area (Å²) in [6, 6.07) is 13.9. The summed E-state index contributed by atoms with van der Waals surface area (Å²) in [4.78, 5) is 38.8. The topological polar surface area (TPSA) is 125 Å². The van der Waals surface area contributed by atoms with Crippen LogP contribution in [0.4, 0.5) is 0 Å². The third kappa shape index (κ3) is 6.22. The van der Waals surface area contributed by atoms with Crippen LogP contribution in [0.2, 0.25) is 5.02 Å². The second kappa shape index (κ2) is 12.5. The normalized spacial score (nSPS) is 11.8. The standard InChI is InChI=1S/C29H25ClN4O6S/c1-3-38-29(37)25-26(40-17(2)21-10-9-18(15-35)11-22(21)30)33-27(41-25)23-12-32-24-13-31-20(14-34(23)24)16-39-28(36)19-7-5-4-6-8-19/h4-14,17,35H,3,15-16H2,1-2H3/t17-/m1/s1. The first-order chi connectivity index (χ1) is 19.9. The third-order valence-electron chi connectivity index (χ3n) is 6.06. The second-order valence-corrected chi connectivity index (χ2v) is 10.2. The van der Waals surface area contributed by atoms with Gasteiger partial charge < -0.3 is 19.3 Å². The number of nitrogens with zero attached hydrogens (tertiary/aromatic N) is 4. The third-order valence-corrected chi connectivity index (χ3v) is 7.43. The van der Waals surface area contributed by atoms with Gasteiger partial charge in [0.1, 0.15) is 23.4 Å². The van der Waals surface area contributed by atoms with Gasteiger partial charge >= 0.3 is 11.9 Å². The van der Waals surface area contributed by atoms with Gasteiger partial charge in [0.2, 0.25) is 5.88 Å².